The average Bonchev–Trinajstić information content (AvgIpc) is 3.15. The smallest absolute Gasteiger partial charge is 0.00382 e. The quantitative estimate of drug-likeness (QED) is 0.700. The van der Waals surface area contributed by atoms with Crippen LogP contribution >= 0.6 is 0 Å². The number of hydrogen-bond acceptors (Lipinski definition) is 1. The first-order chi connectivity index (χ1) is 8.11. The molecule has 0 aromatic carbocycles. The van der Waals surface area contributed by atoms with E-state index in [0.29, 0.717) is 5.41 Å². The molecule has 1 heterocycles. The molecule has 3 saturated carbocycles. The van der Waals surface area contributed by atoms with Crippen LogP contribution in [0.2, 0.25) is 0 Å². The second-order valence-electron chi connectivity index (χ2n) is 8.30. The Morgan fingerprint density at radius 2 is 1.59 bits per heavy atom. The SMILES string of the molecule is C[C@@]1(CN2CCCC3(CC3)C2)CCC2(CC2)C1. The van der Waals surface area contributed by atoms with Crippen LogP contribution in [0.15, 0.2) is 0 Å². The summed E-state index contributed by atoms with van der Waals surface area (Å²) in [5, 5.41) is 0. The molecule has 4 aliphatic rings. The van der Waals surface area contributed by atoms with Gasteiger partial charge in [-0.15, -0.1) is 0 Å². The monoisotopic (exact) mass is 233 g/mol. The Balaban J connectivity index is 1.39. The van der Waals surface area contributed by atoms with Gasteiger partial charge in [-0.05, 0) is 80.6 Å². The maximum absolute atomic E-state index is 2.83. The zero-order valence-corrected chi connectivity index (χ0v) is 11.4. The molecular formula is C16H27N. The van der Waals surface area contributed by atoms with Crippen molar-refractivity contribution in [1.29, 1.82) is 0 Å². The zero-order chi connectivity index (χ0) is 11.6. The molecule has 1 nitrogen and oxygen atoms in total. The first kappa shape index (κ1) is 10.8. The molecule has 0 aromatic rings. The first-order valence-electron chi connectivity index (χ1n) is 7.84. The van der Waals surface area contributed by atoms with Crippen LogP contribution in [-0.4, -0.2) is 24.5 Å². The van der Waals surface area contributed by atoms with Crippen LogP contribution in [0.3, 0.4) is 0 Å². The lowest BCUT2D eigenvalue weighted by Gasteiger charge is -2.38. The van der Waals surface area contributed by atoms with Gasteiger partial charge in [0.25, 0.3) is 0 Å². The highest BCUT2D eigenvalue weighted by Crippen LogP contribution is 2.64. The largest absolute Gasteiger partial charge is 0.302 e. The van der Waals surface area contributed by atoms with Gasteiger partial charge in [-0.1, -0.05) is 6.92 Å². The van der Waals surface area contributed by atoms with Gasteiger partial charge in [0.1, 0.15) is 0 Å². The summed E-state index contributed by atoms with van der Waals surface area (Å²) < 4.78 is 0. The van der Waals surface area contributed by atoms with E-state index >= 15 is 0 Å². The average molecular weight is 233 g/mol. The Morgan fingerprint density at radius 3 is 2.24 bits per heavy atom. The van der Waals surface area contributed by atoms with Crippen molar-refractivity contribution in [2.75, 3.05) is 19.6 Å². The van der Waals surface area contributed by atoms with Gasteiger partial charge >= 0.3 is 0 Å². The third kappa shape index (κ3) is 1.95. The summed E-state index contributed by atoms with van der Waals surface area (Å²) in [4.78, 5) is 2.83. The Bertz CT molecular complexity index is 326. The number of hydrogen-bond donors (Lipinski definition) is 0. The minimum atomic E-state index is 0.671. The van der Waals surface area contributed by atoms with E-state index in [-0.39, 0.29) is 0 Å². The van der Waals surface area contributed by atoms with Crippen LogP contribution in [0, 0.1) is 16.2 Å². The van der Waals surface area contributed by atoms with Gasteiger partial charge in [0.05, 0.1) is 0 Å². The first-order valence-corrected chi connectivity index (χ1v) is 7.84. The predicted octanol–water partition coefficient (Wildman–Crippen LogP) is 3.83. The van der Waals surface area contributed by atoms with Gasteiger partial charge in [-0.3, -0.25) is 0 Å². The summed E-state index contributed by atoms with van der Waals surface area (Å²) in [6, 6.07) is 0. The Hall–Kier alpha value is -0.0400. The molecular weight excluding hydrogens is 206 g/mol. The van der Waals surface area contributed by atoms with Crippen LogP contribution in [-0.2, 0) is 0 Å². The maximum Gasteiger partial charge on any atom is 0.00382 e. The summed E-state index contributed by atoms with van der Waals surface area (Å²) in [6.45, 7) is 6.82. The number of nitrogens with zero attached hydrogens (tertiary/aromatic N) is 1. The Labute approximate surface area is 106 Å². The van der Waals surface area contributed by atoms with E-state index < -0.39 is 0 Å². The van der Waals surface area contributed by atoms with Gasteiger partial charge in [-0.25, -0.2) is 0 Å². The lowest BCUT2D eigenvalue weighted by atomic mass is 9.84. The Morgan fingerprint density at radius 1 is 0.882 bits per heavy atom. The minimum Gasteiger partial charge on any atom is -0.302 e. The van der Waals surface area contributed by atoms with Gasteiger partial charge in [0.15, 0.2) is 0 Å². The minimum absolute atomic E-state index is 0.671. The van der Waals surface area contributed by atoms with Crippen LogP contribution in [0.1, 0.15) is 64.7 Å². The molecule has 1 saturated heterocycles. The zero-order valence-electron chi connectivity index (χ0n) is 11.4. The fraction of sp³-hybridized carbons (Fsp3) is 1.00. The molecule has 0 radical (unpaired) electrons. The van der Waals surface area contributed by atoms with Crippen molar-refractivity contribution in [2.45, 2.75) is 64.7 Å². The van der Waals surface area contributed by atoms with Crippen molar-refractivity contribution in [3.63, 3.8) is 0 Å². The van der Waals surface area contributed by atoms with Crippen molar-refractivity contribution in [3.8, 4) is 0 Å². The van der Waals surface area contributed by atoms with E-state index in [9.17, 15) is 0 Å². The summed E-state index contributed by atoms with van der Waals surface area (Å²) in [7, 11) is 0. The van der Waals surface area contributed by atoms with Crippen LogP contribution in [0.4, 0.5) is 0 Å². The van der Waals surface area contributed by atoms with Crippen LogP contribution < -0.4 is 0 Å². The van der Waals surface area contributed by atoms with Gasteiger partial charge in [0.2, 0.25) is 0 Å². The van der Waals surface area contributed by atoms with E-state index in [2.05, 4.69) is 11.8 Å². The molecule has 1 atom stereocenters. The van der Waals surface area contributed by atoms with E-state index in [1.54, 1.807) is 25.7 Å². The highest BCUT2D eigenvalue weighted by molar-refractivity contribution is 5.05. The summed E-state index contributed by atoms with van der Waals surface area (Å²) in [6.07, 6.45) is 13.8. The summed E-state index contributed by atoms with van der Waals surface area (Å²) in [5.41, 5.74) is 2.33. The van der Waals surface area contributed by atoms with Gasteiger partial charge in [0, 0.05) is 13.1 Å². The topological polar surface area (TPSA) is 3.24 Å². The molecule has 4 fully saturated rings. The third-order valence-electron chi connectivity index (χ3n) is 6.32. The molecule has 17 heavy (non-hydrogen) atoms. The lowest BCUT2D eigenvalue weighted by Crippen LogP contribution is -2.42. The maximum atomic E-state index is 2.83. The number of rotatable bonds is 2. The van der Waals surface area contributed by atoms with Crippen LogP contribution in [0.5, 0.6) is 0 Å². The third-order valence-corrected chi connectivity index (χ3v) is 6.32. The highest BCUT2D eigenvalue weighted by atomic mass is 15.2. The van der Waals surface area contributed by atoms with Crippen molar-refractivity contribution in [2.24, 2.45) is 16.2 Å². The normalized spacial score (nSPS) is 42.2. The highest BCUT2D eigenvalue weighted by Gasteiger charge is 2.53. The van der Waals surface area contributed by atoms with Crippen molar-refractivity contribution in [1.82, 2.24) is 4.90 Å². The standard InChI is InChI=1S/C16H27N/c1-14(4-5-15(11-14)6-7-15)12-17-10-2-3-16(13-17)8-9-16/h2-13H2,1H3/t14-/m1/s1. The molecule has 2 spiro atoms. The molecule has 3 aliphatic carbocycles. The van der Waals surface area contributed by atoms with Crippen LogP contribution in [0.25, 0.3) is 0 Å². The van der Waals surface area contributed by atoms with E-state index in [0.717, 1.165) is 10.8 Å². The van der Waals surface area contributed by atoms with Crippen molar-refractivity contribution >= 4 is 0 Å². The molecule has 0 amide bonds. The molecule has 0 N–H and O–H groups in total. The van der Waals surface area contributed by atoms with Gasteiger partial charge < -0.3 is 4.90 Å². The fourth-order valence-corrected chi connectivity index (χ4v) is 4.96. The predicted molar refractivity (Wildman–Crippen MR) is 71.0 cm³/mol. The number of likely N-dealkylation sites (tertiary alicyclic amines) is 1. The van der Waals surface area contributed by atoms with E-state index in [4.69, 9.17) is 0 Å². The molecule has 0 bridgehead atoms. The van der Waals surface area contributed by atoms with E-state index in [1.165, 1.54) is 51.7 Å². The summed E-state index contributed by atoms with van der Waals surface area (Å²) in [5.74, 6) is 0. The molecule has 1 heteroatoms. The van der Waals surface area contributed by atoms with Gasteiger partial charge in [-0.2, -0.15) is 0 Å². The molecule has 96 valence electrons. The molecule has 0 unspecified atom stereocenters. The summed E-state index contributed by atoms with van der Waals surface area (Å²) >= 11 is 0. The van der Waals surface area contributed by atoms with Crippen molar-refractivity contribution in [3.05, 3.63) is 0 Å². The lowest BCUT2D eigenvalue weighted by molar-refractivity contribution is 0.102. The molecule has 1 aliphatic heterocycles. The van der Waals surface area contributed by atoms with Crippen molar-refractivity contribution < 1.29 is 0 Å². The Kier molecular flexibility index (Phi) is 2.10. The molecule has 0 aromatic heterocycles. The molecule has 4 rings (SSSR count). The second-order valence-corrected chi connectivity index (χ2v) is 8.30. The van der Waals surface area contributed by atoms with E-state index in [1.807, 2.05) is 0 Å². The number of piperidine rings is 1. The second kappa shape index (κ2) is 3.29. The fourth-order valence-electron chi connectivity index (χ4n) is 4.96.